The predicted molar refractivity (Wildman–Crippen MR) is 65.5 cm³/mol. The van der Waals surface area contributed by atoms with E-state index in [1.54, 1.807) is 6.92 Å². The number of esters is 1. The third-order valence-corrected chi connectivity index (χ3v) is 1.81. The largest absolute Gasteiger partial charge is 0.466 e. The molecule has 0 fully saturated rings. The highest BCUT2D eigenvalue weighted by Crippen LogP contribution is 2.00. The van der Waals surface area contributed by atoms with Gasteiger partial charge in [0.05, 0.1) is 12.6 Å². The summed E-state index contributed by atoms with van der Waals surface area (Å²) in [6.45, 7) is 8.75. The van der Waals surface area contributed by atoms with E-state index in [4.69, 9.17) is 4.74 Å². The SMILES string of the molecule is CC.CCOC(=O)CCC(NC(C)=O)C(C)=O. The standard InChI is InChI=1S/C10H17NO4.C2H6/c1-4-15-10(14)6-5-9(7(2)12)11-8(3)13;1-2/h9H,4-6H2,1-3H3,(H,11,13);1-2H3. The van der Waals surface area contributed by atoms with Crippen molar-refractivity contribution in [2.75, 3.05) is 6.61 Å². The molecule has 1 unspecified atom stereocenters. The first-order chi connectivity index (χ1) is 7.97. The number of Topliss-reactive ketones (excluding diaryl/α,β-unsaturated/α-hetero) is 1. The maximum atomic E-state index is 11.1. The van der Waals surface area contributed by atoms with E-state index in [0.29, 0.717) is 6.61 Å². The summed E-state index contributed by atoms with van der Waals surface area (Å²) in [5.74, 6) is -0.789. The topological polar surface area (TPSA) is 72.5 Å². The van der Waals surface area contributed by atoms with Gasteiger partial charge in [-0.05, 0) is 20.3 Å². The number of hydrogen-bond acceptors (Lipinski definition) is 4. The summed E-state index contributed by atoms with van der Waals surface area (Å²) in [6, 6.07) is -0.591. The molecule has 0 bridgehead atoms. The van der Waals surface area contributed by atoms with E-state index in [9.17, 15) is 14.4 Å². The lowest BCUT2D eigenvalue weighted by atomic mass is 10.1. The quantitative estimate of drug-likeness (QED) is 0.719. The highest BCUT2D eigenvalue weighted by atomic mass is 16.5. The third-order valence-electron chi connectivity index (χ3n) is 1.81. The summed E-state index contributed by atoms with van der Waals surface area (Å²) in [7, 11) is 0. The van der Waals surface area contributed by atoms with E-state index in [1.165, 1.54) is 13.8 Å². The highest BCUT2D eigenvalue weighted by molar-refractivity contribution is 5.87. The van der Waals surface area contributed by atoms with Crippen molar-refractivity contribution >= 4 is 17.7 Å². The van der Waals surface area contributed by atoms with Crippen LogP contribution in [0.1, 0.15) is 47.5 Å². The van der Waals surface area contributed by atoms with Crippen LogP contribution < -0.4 is 5.32 Å². The predicted octanol–water partition coefficient (Wildman–Crippen LogP) is 1.45. The molecule has 0 aromatic carbocycles. The van der Waals surface area contributed by atoms with Gasteiger partial charge in [0.2, 0.25) is 5.91 Å². The molecule has 0 aromatic heterocycles. The number of ether oxygens (including phenoxy) is 1. The summed E-state index contributed by atoms with van der Waals surface area (Å²) in [5, 5.41) is 2.48. The minimum atomic E-state index is -0.591. The fraction of sp³-hybridized carbons (Fsp3) is 0.750. The number of nitrogens with one attached hydrogen (secondary N) is 1. The van der Waals surface area contributed by atoms with Crippen molar-refractivity contribution in [2.45, 2.75) is 53.5 Å². The Hall–Kier alpha value is -1.39. The van der Waals surface area contributed by atoms with Crippen molar-refractivity contribution in [3.05, 3.63) is 0 Å². The number of amides is 1. The Labute approximate surface area is 103 Å². The van der Waals surface area contributed by atoms with Crippen molar-refractivity contribution in [1.29, 1.82) is 0 Å². The monoisotopic (exact) mass is 245 g/mol. The highest BCUT2D eigenvalue weighted by Gasteiger charge is 2.16. The van der Waals surface area contributed by atoms with Crippen molar-refractivity contribution < 1.29 is 19.1 Å². The zero-order valence-electron chi connectivity index (χ0n) is 11.3. The second kappa shape index (κ2) is 11.1. The maximum Gasteiger partial charge on any atom is 0.305 e. The van der Waals surface area contributed by atoms with Crippen LogP contribution in [0.5, 0.6) is 0 Å². The van der Waals surface area contributed by atoms with Gasteiger partial charge in [-0.25, -0.2) is 0 Å². The summed E-state index contributed by atoms with van der Waals surface area (Å²) < 4.78 is 4.71. The van der Waals surface area contributed by atoms with Crippen LogP contribution in [-0.4, -0.2) is 30.3 Å². The van der Waals surface area contributed by atoms with Crippen LogP contribution in [-0.2, 0) is 19.1 Å². The smallest absolute Gasteiger partial charge is 0.305 e. The lowest BCUT2D eigenvalue weighted by molar-refractivity contribution is -0.143. The Balaban J connectivity index is 0. The molecule has 100 valence electrons. The van der Waals surface area contributed by atoms with Gasteiger partial charge in [0, 0.05) is 13.3 Å². The minimum absolute atomic E-state index is 0.137. The summed E-state index contributed by atoms with van der Waals surface area (Å²) in [5.41, 5.74) is 0. The van der Waals surface area contributed by atoms with Crippen molar-refractivity contribution in [1.82, 2.24) is 5.32 Å². The molecule has 0 radical (unpaired) electrons. The molecule has 0 aliphatic rings. The Morgan fingerprint density at radius 3 is 2.06 bits per heavy atom. The number of hydrogen-bond donors (Lipinski definition) is 1. The van der Waals surface area contributed by atoms with Gasteiger partial charge in [0.1, 0.15) is 0 Å². The lowest BCUT2D eigenvalue weighted by Crippen LogP contribution is -2.38. The molecule has 1 amide bonds. The zero-order chi connectivity index (χ0) is 13.8. The van der Waals surface area contributed by atoms with E-state index < -0.39 is 6.04 Å². The molecule has 0 saturated heterocycles. The molecule has 1 N–H and O–H groups in total. The second-order valence-electron chi connectivity index (χ2n) is 3.21. The maximum absolute atomic E-state index is 11.1. The number of carbonyl (C=O) groups excluding carboxylic acids is 3. The average Bonchev–Trinajstić information content (AvgIpc) is 2.26. The van der Waals surface area contributed by atoms with Gasteiger partial charge >= 0.3 is 5.97 Å². The summed E-state index contributed by atoms with van der Waals surface area (Å²) in [4.78, 5) is 32.8. The Morgan fingerprint density at radius 1 is 1.18 bits per heavy atom. The Bertz CT molecular complexity index is 251. The van der Waals surface area contributed by atoms with Gasteiger partial charge in [-0.1, -0.05) is 13.8 Å². The van der Waals surface area contributed by atoms with Crippen LogP contribution in [0.4, 0.5) is 0 Å². The van der Waals surface area contributed by atoms with E-state index in [1.807, 2.05) is 13.8 Å². The van der Waals surface area contributed by atoms with Crippen LogP contribution in [0.3, 0.4) is 0 Å². The molecule has 1 atom stereocenters. The first kappa shape index (κ1) is 18.0. The minimum Gasteiger partial charge on any atom is -0.466 e. The van der Waals surface area contributed by atoms with Gasteiger partial charge in [-0.2, -0.15) is 0 Å². The summed E-state index contributed by atoms with van der Waals surface area (Å²) in [6.07, 6.45) is 0.423. The van der Waals surface area contributed by atoms with Crippen molar-refractivity contribution in [3.8, 4) is 0 Å². The fourth-order valence-corrected chi connectivity index (χ4v) is 1.12. The van der Waals surface area contributed by atoms with E-state index in [-0.39, 0.29) is 30.5 Å². The van der Waals surface area contributed by atoms with E-state index in [2.05, 4.69) is 5.32 Å². The van der Waals surface area contributed by atoms with Gasteiger partial charge in [-0.3, -0.25) is 14.4 Å². The van der Waals surface area contributed by atoms with Crippen LogP contribution >= 0.6 is 0 Å². The molecule has 0 heterocycles. The van der Waals surface area contributed by atoms with E-state index in [0.717, 1.165) is 0 Å². The number of rotatable bonds is 6. The molecular formula is C12H23NO4. The Kier molecular flexibility index (Phi) is 11.8. The molecule has 5 heteroatoms. The van der Waals surface area contributed by atoms with Crippen LogP contribution in [0.2, 0.25) is 0 Å². The van der Waals surface area contributed by atoms with Crippen LogP contribution in [0, 0.1) is 0 Å². The van der Waals surface area contributed by atoms with Crippen LogP contribution in [0.15, 0.2) is 0 Å². The molecule has 0 aliphatic carbocycles. The van der Waals surface area contributed by atoms with Gasteiger partial charge in [0.15, 0.2) is 5.78 Å². The van der Waals surface area contributed by atoms with Crippen molar-refractivity contribution in [3.63, 3.8) is 0 Å². The zero-order valence-corrected chi connectivity index (χ0v) is 11.3. The van der Waals surface area contributed by atoms with Crippen molar-refractivity contribution in [2.24, 2.45) is 0 Å². The van der Waals surface area contributed by atoms with Gasteiger partial charge < -0.3 is 10.1 Å². The van der Waals surface area contributed by atoms with Crippen LogP contribution in [0.25, 0.3) is 0 Å². The molecule has 0 aliphatic heterocycles. The van der Waals surface area contributed by atoms with E-state index >= 15 is 0 Å². The molecule has 17 heavy (non-hydrogen) atoms. The molecular weight excluding hydrogens is 222 g/mol. The lowest BCUT2D eigenvalue weighted by Gasteiger charge is -2.13. The fourth-order valence-electron chi connectivity index (χ4n) is 1.12. The van der Waals surface area contributed by atoms with Gasteiger partial charge in [0.25, 0.3) is 0 Å². The third kappa shape index (κ3) is 10.9. The first-order valence-electron chi connectivity index (χ1n) is 5.90. The van der Waals surface area contributed by atoms with Gasteiger partial charge in [-0.15, -0.1) is 0 Å². The number of carbonyl (C=O) groups is 3. The second-order valence-corrected chi connectivity index (χ2v) is 3.21. The number of ketones is 1. The summed E-state index contributed by atoms with van der Waals surface area (Å²) >= 11 is 0. The molecule has 5 nitrogen and oxygen atoms in total. The Morgan fingerprint density at radius 2 is 1.71 bits per heavy atom. The average molecular weight is 245 g/mol. The first-order valence-corrected chi connectivity index (χ1v) is 5.90. The molecule has 0 rings (SSSR count). The molecule has 0 aromatic rings. The molecule has 0 spiro atoms. The molecule has 0 saturated carbocycles. The normalized spacial score (nSPS) is 10.6.